The Kier molecular flexibility index (Phi) is 5.40. The lowest BCUT2D eigenvalue weighted by Crippen LogP contribution is -2.43. The van der Waals surface area contributed by atoms with Gasteiger partial charge < -0.3 is 16.0 Å². The minimum atomic E-state index is -0.00722. The van der Waals surface area contributed by atoms with Crippen LogP contribution in [0.25, 0.3) is 0 Å². The number of hydrogen-bond donors (Lipinski definition) is 2. The number of amides is 1. The first-order valence-corrected chi connectivity index (χ1v) is 8.15. The first kappa shape index (κ1) is 16.0. The number of likely N-dealkylation sites (tertiary alicyclic amines) is 1. The second-order valence-electron chi connectivity index (χ2n) is 6.00. The lowest BCUT2D eigenvalue weighted by Gasteiger charge is -2.37. The van der Waals surface area contributed by atoms with E-state index in [0.717, 1.165) is 37.4 Å². The van der Waals surface area contributed by atoms with Crippen LogP contribution in [0.3, 0.4) is 0 Å². The summed E-state index contributed by atoms with van der Waals surface area (Å²) in [5.74, 6) is 5.75. The number of nitrogens with one attached hydrogen (secondary N) is 1. The lowest BCUT2D eigenvalue weighted by atomic mass is 9.80. The fourth-order valence-electron chi connectivity index (χ4n) is 2.39. The minimum absolute atomic E-state index is 0.00722. The Morgan fingerprint density at radius 2 is 2.24 bits per heavy atom. The van der Waals surface area contributed by atoms with Crippen LogP contribution in [0, 0.1) is 17.3 Å². The molecule has 114 valence electrons. The zero-order valence-corrected chi connectivity index (χ0v) is 13.6. The van der Waals surface area contributed by atoms with Crippen LogP contribution in [0.4, 0.5) is 0 Å². The standard InChI is InChI=1S/C16H23N3OS/c1-16(5-8-19(2)9-6-16)12-18-15(20)13-10-14(21-11-13)4-3-7-17/h10-11H,5-9,12,17H2,1-2H3,(H,18,20). The van der Waals surface area contributed by atoms with Crippen molar-refractivity contribution in [2.45, 2.75) is 19.8 Å². The average molecular weight is 305 g/mol. The summed E-state index contributed by atoms with van der Waals surface area (Å²) in [7, 11) is 2.15. The first-order chi connectivity index (χ1) is 10.0. The van der Waals surface area contributed by atoms with Gasteiger partial charge in [-0.15, -0.1) is 11.3 Å². The summed E-state index contributed by atoms with van der Waals surface area (Å²) in [6.45, 7) is 5.53. The summed E-state index contributed by atoms with van der Waals surface area (Å²) in [5.41, 5.74) is 6.25. The van der Waals surface area contributed by atoms with E-state index >= 15 is 0 Å². The van der Waals surface area contributed by atoms with E-state index < -0.39 is 0 Å². The molecule has 0 unspecified atom stereocenters. The van der Waals surface area contributed by atoms with Gasteiger partial charge in [0.15, 0.2) is 0 Å². The van der Waals surface area contributed by atoms with Crippen molar-refractivity contribution >= 4 is 17.2 Å². The van der Waals surface area contributed by atoms with E-state index in [2.05, 4.69) is 36.0 Å². The average Bonchev–Trinajstić information content (AvgIpc) is 2.95. The van der Waals surface area contributed by atoms with E-state index in [4.69, 9.17) is 5.73 Å². The predicted molar refractivity (Wildman–Crippen MR) is 87.4 cm³/mol. The summed E-state index contributed by atoms with van der Waals surface area (Å²) in [5, 5.41) is 4.92. The van der Waals surface area contributed by atoms with E-state index in [1.54, 1.807) is 0 Å². The van der Waals surface area contributed by atoms with Crippen molar-refractivity contribution in [2.75, 3.05) is 33.2 Å². The van der Waals surface area contributed by atoms with Gasteiger partial charge in [-0.25, -0.2) is 0 Å². The molecule has 1 aliphatic heterocycles. The smallest absolute Gasteiger partial charge is 0.252 e. The molecule has 3 N–H and O–H groups in total. The van der Waals surface area contributed by atoms with Crippen LogP contribution in [-0.2, 0) is 0 Å². The van der Waals surface area contributed by atoms with Crippen LogP contribution < -0.4 is 11.1 Å². The maximum Gasteiger partial charge on any atom is 0.252 e. The molecule has 0 spiro atoms. The molecule has 0 aliphatic carbocycles. The Morgan fingerprint density at radius 1 is 1.52 bits per heavy atom. The Bertz CT molecular complexity index is 547. The van der Waals surface area contributed by atoms with Crippen molar-refractivity contribution in [3.8, 4) is 11.8 Å². The molecule has 0 bridgehead atoms. The van der Waals surface area contributed by atoms with E-state index in [0.29, 0.717) is 12.1 Å². The van der Waals surface area contributed by atoms with Crippen molar-refractivity contribution in [3.63, 3.8) is 0 Å². The molecule has 0 aromatic carbocycles. The molecule has 1 aromatic heterocycles. The molecule has 0 radical (unpaired) electrons. The van der Waals surface area contributed by atoms with E-state index in [1.165, 1.54) is 11.3 Å². The molecule has 5 heteroatoms. The number of thiophene rings is 1. The molecule has 1 fully saturated rings. The Hall–Kier alpha value is -1.35. The Balaban J connectivity index is 1.88. The Labute approximate surface area is 130 Å². The number of hydrogen-bond acceptors (Lipinski definition) is 4. The monoisotopic (exact) mass is 305 g/mol. The molecule has 2 rings (SSSR count). The fraction of sp³-hybridized carbons (Fsp3) is 0.562. The third kappa shape index (κ3) is 4.57. The highest BCUT2D eigenvalue weighted by Crippen LogP contribution is 2.29. The van der Waals surface area contributed by atoms with Gasteiger partial charge in [0.25, 0.3) is 5.91 Å². The molecule has 1 aromatic rings. The first-order valence-electron chi connectivity index (χ1n) is 7.27. The molecule has 1 amide bonds. The quantitative estimate of drug-likeness (QED) is 0.833. The van der Waals surface area contributed by atoms with Crippen molar-refractivity contribution in [1.29, 1.82) is 0 Å². The summed E-state index contributed by atoms with van der Waals surface area (Å²) in [6, 6.07) is 1.83. The topological polar surface area (TPSA) is 58.4 Å². The van der Waals surface area contributed by atoms with Gasteiger partial charge in [-0.05, 0) is 44.5 Å². The number of nitrogens with two attached hydrogens (primary N) is 1. The Morgan fingerprint density at radius 3 is 2.90 bits per heavy atom. The third-order valence-corrected chi connectivity index (χ3v) is 4.89. The van der Waals surface area contributed by atoms with Gasteiger partial charge in [0, 0.05) is 11.9 Å². The molecule has 1 aliphatic rings. The van der Waals surface area contributed by atoms with Gasteiger partial charge in [-0.3, -0.25) is 4.79 Å². The van der Waals surface area contributed by atoms with Crippen LogP contribution in [0.15, 0.2) is 11.4 Å². The molecular weight excluding hydrogens is 282 g/mol. The van der Waals surface area contributed by atoms with Gasteiger partial charge in [0.2, 0.25) is 0 Å². The molecule has 21 heavy (non-hydrogen) atoms. The summed E-state index contributed by atoms with van der Waals surface area (Å²) in [6.07, 6.45) is 2.25. The predicted octanol–water partition coefficient (Wildman–Crippen LogP) is 1.52. The summed E-state index contributed by atoms with van der Waals surface area (Å²) >= 11 is 1.48. The van der Waals surface area contributed by atoms with Crippen molar-refractivity contribution in [1.82, 2.24) is 10.2 Å². The van der Waals surface area contributed by atoms with Crippen LogP contribution in [0.2, 0.25) is 0 Å². The maximum atomic E-state index is 12.2. The molecule has 0 atom stereocenters. The largest absolute Gasteiger partial charge is 0.351 e. The molecular formula is C16H23N3OS. The normalized spacial score (nSPS) is 17.9. The van der Waals surface area contributed by atoms with Crippen LogP contribution in [0.1, 0.15) is 35.0 Å². The van der Waals surface area contributed by atoms with E-state index in [-0.39, 0.29) is 11.3 Å². The van der Waals surface area contributed by atoms with E-state index in [1.807, 2.05) is 11.4 Å². The fourth-order valence-corrected chi connectivity index (χ4v) is 3.14. The second-order valence-corrected chi connectivity index (χ2v) is 6.91. The van der Waals surface area contributed by atoms with Crippen molar-refractivity contribution in [3.05, 3.63) is 21.9 Å². The second kappa shape index (κ2) is 7.08. The molecule has 0 saturated carbocycles. The minimum Gasteiger partial charge on any atom is -0.351 e. The van der Waals surface area contributed by atoms with Gasteiger partial charge >= 0.3 is 0 Å². The molecule has 4 nitrogen and oxygen atoms in total. The zero-order chi connectivity index (χ0) is 15.3. The SMILES string of the molecule is CN1CCC(C)(CNC(=O)c2csc(C#CCN)c2)CC1. The summed E-state index contributed by atoms with van der Waals surface area (Å²) in [4.78, 5) is 15.4. The van der Waals surface area contributed by atoms with Gasteiger partial charge in [0.1, 0.15) is 0 Å². The van der Waals surface area contributed by atoms with Crippen LogP contribution >= 0.6 is 11.3 Å². The number of rotatable bonds is 3. The van der Waals surface area contributed by atoms with Crippen LogP contribution in [-0.4, -0.2) is 44.0 Å². The number of carbonyl (C=O) groups excluding carboxylic acids is 1. The number of carbonyl (C=O) groups is 1. The highest BCUT2D eigenvalue weighted by molar-refractivity contribution is 7.10. The molecule has 2 heterocycles. The highest BCUT2D eigenvalue weighted by Gasteiger charge is 2.29. The summed E-state index contributed by atoms with van der Waals surface area (Å²) < 4.78 is 0. The van der Waals surface area contributed by atoms with Crippen molar-refractivity contribution in [2.24, 2.45) is 11.1 Å². The zero-order valence-electron chi connectivity index (χ0n) is 12.7. The van der Waals surface area contributed by atoms with Gasteiger partial charge in [-0.1, -0.05) is 18.8 Å². The number of piperidine rings is 1. The van der Waals surface area contributed by atoms with E-state index in [9.17, 15) is 4.79 Å². The third-order valence-electron chi connectivity index (χ3n) is 4.05. The molecule has 1 saturated heterocycles. The maximum absolute atomic E-state index is 12.2. The lowest BCUT2D eigenvalue weighted by molar-refractivity contribution is 0.0892. The van der Waals surface area contributed by atoms with Gasteiger partial charge in [-0.2, -0.15) is 0 Å². The van der Waals surface area contributed by atoms with Gasteiger partial charge in [0.05, 0.1) is 17.0 Å². The van der Waals surface area contributed by atoms with Crippen molar-refractivity contribution < 1.29 is 4.79 Å². The number of nitrogens with zero attached hydrogens (tertiary/aromatic N) is 1. The highest BCUT2D eigenvalue weighted by atomic mass is 32.1. The van der Waals surface area contributed by atoms with Crippen LogP contribution in [0.5, 0.6) is 0 Å².